The van der Waals surface area contributed by atoms with Gasteiger partial charge < -0.3 is 10.1 Å². The second-order valence-electron chi connectivity index (χ2n) is 3.63. The molecular weight excluding hydrogens is 250 g/mol. The summed E-state index contributed by atoms with van der Waals surface area (Å²) in [6, 6.07) is 0.991. The van der Waals surface area contributed by atoms with Crippen molar-refractivity contribution in [3.8, 4) is 12.3 Å². The molecule has 0 saturated heterocycles. The van der Waals surface area contributed by atoms with Crippen molar-refractivity contribution in [2.24, 2.45) is 0 Å². The number of rotatable bonds is 5. The average molecular weight is 265 g/mol. The highest BCUT2D eigenvalue weighted by molar-refractivity contribution is 7.08. The minimum atomic E-state index is -0.845. The minimum absolute atomic E-state index is 0.246. The fourth-order valence-electron chi connectivity index (χ4n) is 1.57. The average Bonchev–Trinajstić information content (AvgIpc) is 2.82. The fraction of sp³-hybridized carbons (Fsp3) is 0.385. The summed E-state index contributed by atoms with van der Waals surface area (Å²) in [5.74, 6) is 1.20. The Kier molecular flexibility index (Phi) is 5.40. The number of esters is 1. The second-order valence-corrected chi connectivity index (χ2v) is 4.41. The summed E-state index contributed by atoms with van der Waals surface area (Å²) in [7, 11) is 0. The van der Waals surface area contributed by atoms with Crippen LogP contribution in [0.25, 0.3) is 0 Å². The van der Waals surface area contributed by atoms with Crippen molar-refractivity contribution in [2.45, 2.75) is 25.8 Å². The van der Waals surface area contributed by atoms with Gasteiger partial charge in [0.1, 0.15) is 6.04 Å². The van der Waals surface area contributed by atoms with E-state index in [1.165, 1.54) is 18.3 Å². The Morgan fingerprint density at radius 1 is 1.61 bits per heavy atom. The number of ether oxygens (including phenoxy) is 1. The number of nitrogens with one attached hydrogen (secondary N) is 1. The molecule has 0 aliphatic heterocycles. The number of thiophene rings is 1. The van der Waals surface area contributed by atoms with E-state index in [-0.39, 0.29) is 12.5 Å². The lowest BCUT2D eigenvalue weighted by molar-refractivity contribution is -0.147. The Morgan fingerprint density at radius 2 is 2.33 bits per heavy atom. The number of amides is 1. The molecule has 1 aromatic rings. The maximum absolute atomic E-state index is 11.8. The molecule has 0 bridgehead atoms. The third kappa shape index (κ3) is 3.60. The predicted octanol–water partition coefficient (Wildman–Crippen LogP) is 1.53. The maximum atomic E-state index is 11.8. The maximum Gasteiger partial charge on any atom is 0.330 e. The number of carbonyl (C=O) groups excluding carboxylic acids is 2. The summed E-state index contributed by atoms with van der Waals surface area (Å²) in [5, 5.41) is 6.28. The van der Waals surface area contributed by atoms with Crippen molar-refractivity contribution >= 4 is 23.2 Å². The molecule has 0 aromatic carbocycles. The van der Waals surface area contributed by atoms with Gasteiger partial charge in [-0.1, -0.05) is 5.92 Å². The number of hydrogen-bond acceptors (Lipinski definition) is 4. The number of carbonyl (C=O) groups is 2. The third-order valence-corrected chi connectivity index (χ3v) is 3.02. The molecule has 96 valence electrons. The lowest BCUT2D eigenvalue weighted by Gasteiger charge is -2.21. The normalized spacial score (nSPS) is 13.2. The first kappa shape index (κ1) is 14.3. The predicted molar refractivity (Wildman–Crippen MR) is 70.1 cm³/mol. The quantitative estimate of drug-likeness (QED) is 0.649. The fourth-order valence-corrected chi connectivity index (χ4v) is 2.26. The Bertz CT molecular complexity index is 447. The summed E-state index contributed by atoms with van der Waals surface area (Å²) >= 11 is 1.48. The third-order valence-electron chi connectivity index (χ3n) is 2.31. The highest BCUT2D eigenvalue weighted by Gasteiger charge is 2.30. The van der Waals surface area contributed by atoms with Gasteiger partial charge in [0.05, 0.1) is 12.5 Å². The van der Waals surface area contributed by atoms with Crippen molar-refractivity contribution in [1.82, 2.24) is 5.32 Å². The second kappa shape index (κ2) is 6.82. The molecule has 0 fully saturated rings. The Balaban J connectivity index is 2.97. The standard InChI is InChI=1S/C13H15NO3S/c1-4-11(10-6-7-18-8-10)12(14-9(3)15)13(16)17-5-2/h1,6-8,11-12H,5H2,2-3H3,(H,14,15)/t11-,12+/m1/s1. The van der Waals surface area contributed by atoms with E-state index >= 15 is 0 Å². The molecule has 0 spiro atoms. The molecule has 1 N–H and O–H groups in total. The summed E-state index contributed by atoms with van der Waals surface area (Å²) in [4.78, 5) is 23.0. The summed E-state index contributed by atoms with van der Waals surface area (Å²) in [6.07, 6.45) is 5.47. The molecule has 4 nitrogen and oxygen atoms in total. The van der Waals surface area contributed by atoms with Crippen LogP contribution in [0.5, 0.6) is 0 Å². The molecule has 1 rings (SSSR count). The van der Waals surface area contributed by atoms with Gasteiger partial charge in [0.2, 0.25) is 5.91 Å². The van der Waals surface area contributed by atoms with E-state index in [9.17, 15) is 9.59 Å². The Morgan fingerprint density at radius 3 is 2.78 bits per heavy atom. The molecular formula is C13H15NO3S. The molecule has 0 unspecified atom stereocenters. The minimum Gasteiger partial charge on any atom is -0.464 e. The van der Waals surface area contributed by atoms with Crippen LogP contribution in [0.2, 0.25) is 0 Å². The van der Waals surface area contributed by atoms with Crippen molar-refractivity contribution in [1.29, 1.82) is 0 Å². The molecule has 2 atom stereocenters. The zero-order valence-corrected chi connectivity index (χ0v) is 11.1. The van der Waals surface area contributed by atoms with Crippen LogP contribution in [0.3, 0.4) is 0 Å². The van der Waals surface area contributed by atoms with Gasteiger partial charge >= 0.3 is 5.97 Å². The molecule has 0 saturated carbocycles. The Hall–Kier alpha value is -1.80. The van der Waals surface area contributed by atoms with Gasteiger partial charge in [-0.05, 0) is 29.3 Å². The van der Waals surface area contributed by atoms with E-state index in [0.717, 1.165) is 5.56 Å². The zero-order chi connectivity index (χ0) is 13.5. The molecule has 1 aromatic heterocycles. The van der Waals surface area contributed by atoms with Crippen molar-refractivity contribution in [3.05, 3.63) is 22.4 Å². The molecule has 5 heteroatoms. The van der Waals surface area contributed by atoms with Crippen LogP contribution in [0.4, 0.5) is 0 Å². The largest absolute Gasteiger partial charge is 0.464 e. The lowest BCUT2D eigenvalue weighted by Crippen LogP contribution is -2.44. The molecule has 0 radical (unpaired) electrons. The first-order chi connectivity index (χ1) is 8.60. The van der Waals surface area contributed by atoms with Gasteiger partial charge in [-0.15, -0.1) is 6.42 Å². The van der Waals surface area contributed by atoms with Gasteiger partial charge in [0.25, 0.3) is 0 Å². The molecule has 0 aliphatic carbocycles. The van der Waals surface area contributed by atoms with Gasteiger partial charge in [-0.3, -0.25) is 4.79 Å². The molecule has 1 heterocycles. The van der Waals surface area contributed by atoms with E-state index in [4.69, 9.17) is 11.2 Å². The topological polar surface area (TPSA) is 55.4 Å². The molecule has 18 heavy (non-hydrogen) atoms. The summed E-state index contributed by atoms with van der Waals surface area (Å²) in [6.45, 7) is 3.29. The van der Waals surface area contributed by atoms with Crippen LogP contribution in [0.1, 0.15) is 25.3 Å². The van der Waals surface area contributed by atoms with Gasteiger partial charge in [-0.2, -0.15) is 11.3 Å². The highest BCUT2D eigenvalue weighted by Crippen LogP contribution is 2.22. The van der Waals surface area contributed by atoms with Crippen molar-refractivity contribution in [3.63, 3.8) is 0 Å². The lowest BCUT2D eigenvalue weighted by atomic mass is 9.94. The Labute approximate surface area is 110 Å². The van der Waals surface area contributed by atoms with Crippen LogP contribution >= 0.6 is 11.3 Å². The first-order valence-electron chi connectivity index (χ1n) is 5.52. The highest BCUT2D eigenvalue weighted by atomic mass is 32.1. The smallest absolute Gasteiger partial charge is 0.330 e. The number of terminal acetylenes is 1. The van der Waals surface area contributed by atoms with E-state index < -0.39 is 17.9 Å². The van der Waals surface area contributed by atoms with Gasteiger partial charge in [-0.25, -0.2) is 4.79 Å². The van der Waals surface area contributed by atoms with E-state index in [0.29, 0.717) is 0 Å². The zero-order valence-electron chi connectivity index (χ0n) is 10.3. The van der Waals surface area contributed by atoms with Gasteiger partial charge in [0, 0.05) is 6.92 Å². The molecule has 1 amide bonds. The van der Waals surface area contributed by atoms with E-state index in [1.54, 1.807) is 6.92 Å². The molecule has 0 aliphatic rings. The van der Waals surface area contributed by atoms with Crippen LogP contribution in [-0.2, 0) is 14.3 Å². The van der Waals surface area contributed by atoms with Crippen molar-refractivity contribution < 1.29 is 14.3 Å². The van der Waals surface area contributed by atoms with Crippen LogP contribution in [0.15, 0.2) is 16.8 Å². The monoisotopic (exact) mass is 265 g/mol. The summed E-state index contributed by atoms with van der Waals surface area (Å²) < 4.78 is 4.94. The van der Waals surface area contributed by atoms with Gasteiger partial charge in [0.15, 0.2) is 0 Å². The number of hydrogen-bond donors (Lipinski definition) is 1. The van der Waals surface area contributed by atoms with Crippen LogP contribution < -0.4 is 5.32 Å². The summed E-state index contributed by atoms with van der Waals surface area (Å²) in [5.41, 5.74) is 0.828. The first-order valence-corrected chi connectivity index (χ1v) is 6.46. The van der Waals surface area contributed by atoms with Crippen LogP contribution in [0, 0.1) is 12.3 Å². The van der Waals surface area contributed by atoms with Crippen LogP contribution in [-0.4, -0.2) is 24.5 Å². The van der Waals surface area contributed by atoms with E-state index in [1.807, 2.05) is 16.8 Å². The van der Waals surface area contributed by atoms with E-state index in [2.05, 4.69) is 11.2 Å². The SMILES string of the molecule is C#C[C@H](c1ccsc1)[C@H](NC(C)=O)C(=O)OCC. The van der Waals surface area contributed by atoms with Crippen molar-refractivity contribution in [2.75, 3.05) is 6.61 Å².